The monoisotopic (exact) mass is 280 g/mol. The second-order valence-corrected chi connectivity index (χ2v) is 5.93. The quantitative estimate of drug-likeness (QED) is 0.785. The highest BCUT2D eigenvalue weighted by Gasteiger charge is 2.57. The van der Waals surface area contributed by atoms with Crippen LogP contribution in [-0.4, -0.2) is 42.0 Å². The lowest BCUT2D eigenvalue weighted by Gasteiger charge is -2.44. The number of amides is 4. The first-order valence-electron chi connectivity index (χ1n) is 7.42. The van der Waals surface area contributed by atoms with E-state index in [-0.39, 0.29) is 18.6 Å². The van der Waals surface area contributed by atoms with Crippen LogP contribution in [0.15, 0.2) is 0 Å². The van der Waals surface area contributed by atoms with Crippen molar-refractivity contribution in [1.82, 2.24) is 10.2 Å². The summed E-state index contributed by atoms with van der Waals surface area (Å²) in [7, 11) is 0. The minimum atomic E-state index is -0.971. The Kier molecular flexibility index (Phi) is 3.50. The molecule has 2 aliphatic carbocycles. The fourth-order valence-electron chi connectivity index (χ4n) is 3.27. The van der Waals surface area contributed by atoms with Crippen LogP contribution >= 0.6 is 0 Å². The van der Waals surface area contributed by atoms with Crippen LogP contribution in [0.4, 0.5) is 4.79 Å². The summed E-state index contributed by atoms with van der Waals surface area (Å²) in [5, 5.41) is 2.30. The van der Waals surface area contributed by atoms with E-state index in [9.17, 15) is 14.4 Å². The average molecular weight is 280 g/mol. The molecule has 4 amide bonds. The number of carbonyl (C=O) groups is 3. The number of urea groups is 1. The second-order valence-electron chi connectivity index (χ2n) is 5.93. The van der Waals surface area contributed by atoms with Crippen LogP contribution in [0.2, 0.25) is 0 Å². The standard InChI is InChI=1S/C14H20N2O4/c17-11-14(6-3-7-14)12(18)16(13(19)15-11)8-9-20-10-4-1-2-5-10/h10H,1-9H2,(H,15,17,19). The zero-order valence-corrected chi connectivity index (χ0v) is 11.5. The maximum Gasteiger partial charge on any atom is 0.330 e. The van der Waals surface area contributed by atoms with Crippen molar-refractivity contribution in [2.24, 2.45) is 5.41 Å². The molecule has 1 spiro atoms. The molecule has 0 radical (unpaired) electrons. The first kappa shape index (κ1) is 13.5. The number of rotatable bonds is 4. The first-order valence-corrected chi connectivity index (χ1v) is 7.42. The molecule has 0 unspecified atom stereocenters. The highest BCUT2D eigenvalue weighted by molar-refractivity contribution is 6.19. The second kappa shape index (κ2) is 5.16. The number of imide groups is 2. The van der Waals surface area contributed by atoms with Crippen molar-refractivity contribution in [2.75, 3.05) is 13.2 Å². The Morgan fingerprint density at radius 1 is 1.15 bits per heavy atom. The Labute approximate surface area is 117 Å². The maximum atomic E-state index is 12.4. The summed E-state index contributed by atoms with van der Waals surface area (Å²) in [5.74, 6) is -0.765. The highest BCUT2D eigenvalue weighted by Crippen LogP contribution is 2.44. The highest BCUT2D eigenvalue weighted by atomic mass is 16.5. The molecule has 3 aliphatic rings. The first-order chi connectivity index (χ1) is 9.63. The molecule has 0 bridgehead atoms. The molecule has 1 saturated heterocycles. The molecular formula is C14H20N2O4. The van der Waals surface area contributed by atoms with Gasteiger partial charge in [0.05, 0.1) is 19.3 Å². The number of carbonyl (C=O) groups excluding carboxylic acids is 3. The third kappa shape index (κ3) is 2.12. The molecule has 0 atom stereocenters. The lowest BCUT2D eigenvalue weighted by atomic mass is 9.66. The lowest BCUT2D eigenvalue weighted by Crippen LogP contribution is -2.66. The molecule has 110 valence electrons. The van der Waals surface area contributed by atoms with Crippen molar-refractivity contribution in [3.63, 3.8) is 0 Å². The van der Waals surface area contributed by atoms with Gasteiger partial charge in [-0.2, -0.15) is 0 Å². The van der Waals surface area contributed by atoms with Gasteiger partial charge in [0.15, 0.2) is 0 Å². The fraction of sp³-hybridized carbons (Fsp3) is 0.786. The maximum absolute atomic E-state index is 12.4. The Bertz CT molecular complexity index is 438. The van der Waals surface area contributed by atoms with Gasteiger partial charge in [-0.15, -0.1) is 0 Å². The van der Waals surface area contributed by atoms with E-state index in [1.165, 1.54) is 12.8 Å². The number of nitrogens with zero attached hydrogens (tertiary/aromatic N) is 1. The van der Waals surface area contributed by atoms with Crippen molar-refractivity contribution in [1.29, 1.82) is 0 Å². The van der Waals surface area contributed by atoms with Crippen molar-refractivity contribution in [3.05, 3.63) is 0 Å². The van der Waals surface area contributed by atoms with Gasteiger partial charge in [-0.3, -0.25) is 19.8 Å². The van der Waals surface area contributed by atoms with Crippen LogP contribution in [0.5, 0.6) is 0 Å². The van der Waals surface area contributed by atoms with Crippen LogP contribution in [0.1, 0.15) is 44.9 Å². The van der Waals surface area contributed by atoms with E-state index >= 15 is 0 Å². The van der Waals surface area contributed by atoms with Gasteiger partial charge in [-0.05, 0) is 25.7 Å². The summed E-state index contributed by atoms with van der Waals surface area (Å²) < 4.78 is 5.69. The number of barbiturate groups is 1. The molecule has 20 heavy (non-hydrogen) atoms. The third-order valence-corrected chi connectivity index (χ3v) is 4.73. The molecule has 3 fully saturated rings. The van der Waals surface area contributed by atoms with Crippen LogP contribution in [0, 0.1) is 5.41 Å². The van der Waals surface area contributed by atoms with E-state index in [0.29, 0.717) is 19.4 Å². The third-order valence-electron chi connectivity index (χ3n) is 4.73. The summed E-state index contributed by atoms with van der Waals surface area (Å²) in [4.78, 5) is 37.1. The zero-order chi connectivity index (χ0) is 14.2. The minimum absolute atomic E-state index is 0.232. The van der Waals surface area contributed by atoms with E-state index in [0.717, 1.165) is 24.2 Å². The van der Waals surface area contributed by atoms with Gasteiger partial charge in [0.1, 0.15) is 5.41 Å². The van der Waals surface area contributed by atoms with Crippen molar-refractivity contribution < 1.29 is 19.1 Å². The number of hydrogen-bond acceptors (Lipinski definition) is 4. The van der Waals surface area contributed by atoms with E-state index in [1.807, 2.05) is 0 Å². The molecule has 1 N–H and O–H groups in total. The van der Waals surface area contributed by atoms with Crippen molar-refractivity contribution in [2.45, 2.75) is 51.0 Å². The zero-order valence-electron chi connectivity index (χ0n) is 11.5. The molecule has 6 nitrogen and oxygen atoms in total. The van der Waals surface area contributed by atoms with Gasteiger partial charge in [0.25, 0.3) is 0 Å². The molecule has 1 aliphatic heterocycles. The van der Waals surface area contributed by atoms with E-state index in [2.05, 4.69) is 5.32 Å². The van der Waals surface area contributed by atoms with E-state index in [4.69, 9.17) is 4.74 Å². The van der Waals surface area contributed by atoms with Gasteiger partial charge in [-0.1, -0.05) is 19.3 Å². The molecule has 2 saturated carbocycles. The van der Waals surface area contributed by atoms with Crippen molar-refractivity contribution >= 4 is 17.8 Å². The van der Waals surface area contributed by atoms with Gasteiger partial charge < -0.3 is 4.74 Å². The smallest absolute Gasteiger partial charge is 0.330 e. The number of nitrogens with one attached hydrogen (secondary N) is 1. The summed E-state index contributed by atoms with van der Waals surface area (Å²) >= 11 is 0. The Morgan fingerprint density at radius 2 is 1.85 bits per heavy atom. The summed E-state index contributed by atoms with van der Waals surface area (Å²) in [6.45, 7) is 0.588. The van der Waals surface area contributed by atoms with Crippen LogP contribution < -0.4 is 5.32 Å². The Hall–Kier alpha value is -1.43. The molecule has 3 rings (SSSR count). The van der Waals surface area contributed by atoms with E-state index in [1.54, 1.807) is 0 Å². The largest absolute Gasteiger partial charge is 0.376 e. The number of hydrogen-bond donors (Lipinski definition) is 1. The molecule has 6 heteroatoms. The van der Waals surface area contributed by atoms with Gasteiger partial charge in [0.2, 0.25) is 11.8 Å². The summed E-state index contributed by atoms with van der Waals surface area (Å²) in [5.41, 5.74) is -0.971. The Balaban J connectivity index is 1.58. The topological polar surface area (TPSA) is 75.7 Å². The molecule has 0 aromatic heterocycles. The number of ether oxygens (including phenoxy) is 1. The van der Waals surface area contributed by atoms with E-state index < -0.39 is 17.4 Å². The van der Waals surface area contributed by atoms with Crippen LogP contribution in [-0.2, 0) is 14.3 Å². The van der Waals surface area contributed by atoms with Crippen molar-refractivity contribution in [3.8, 4) is 0 Å². The minimum Gasteiger partial charge on any atom is -0.376 e. The Morgan fingerprint density at radius 3 is 2.45 bits per heavy atom. The molecule has 0 aromatic carbocycles. The fourth-order valence-corrected chi connectivity index (χ4v) is 3.27. The van der Waals surface area contributed by atoms with Gasteiger partial charge in [-0.25, -0.2) is 4.79 Å². The molecule has 1 heterocycles. The predicted octanol–water partition coefficient (Wildman–Crippen LogP) is 1.19. The van der Waals surface area contributed by atoms with Gasteiger partial charge in [0, 0.05) is 0 Å². The molecular weight excluding hydrogens is 260 g/mol. The van der Waals surface area contributed by atoms with Crippen LogP contribution in [0.25, 0.3) is 0 Å². The average Bonchev–Trinajstić information content (AvgIpc) is 2.84. The normalized spacial score (nSPS) is 26.0. The van der Waals surface area contributed by atoms with Gasteiger partial charge >= 0.3 is 6.03 Å². The summed E-state index contributed by atoms with van der Waals surface area (Å²) in [6, 6.07) is -0.604. The summed E-state index contributed by atoms with van der Waals surface area (Å²) in [6.07, 6.45) is 6.70. The van der Waals surface area contributed by atoms with Crippen LogP contribution in [0.3, 0.4) is 0 Å². The SMILES string of the molecule is O=C1NC(=O)C2(CCC2)C(=O)N1CCOC1CCCC1. The lowest BCUT2D eigenvalue weighted by molar-refractivity contribution is -0.158. The predicted molar refractivity (Wildman–Crippen MR) is 69.7 cm³/mol. The molecule has 0 aromatic rings.